The number of methoxy groups -OCH3 is 1. The van der Waals surface area contributed by atoms with Crippen LogP contribution in [0.4, 0.5) is 0 Å². The summed E-state index contributed by atoms with van der Waals surface area (Å²) in [4.78, 5) is 4.01. The Kier molecular flexibility index (Phi) is 4.06. The van der Waals surface area contributed by atoms with Crippen LogP contribution in [0.15, 0.2) is 12.5 Å². The Bertz CT molecular complexity index is 275. The van der Waals surface area contributed by atoms with Crippen molar-refractivity contribution in [1.82, 2.24) is 9.55 Å². The normalized spacial score (nSPS) is 15.4. The van der Waals surface area contributed by atoms with Gasteiger partial charge in [-0.15, -0.1) is 0 Å². The fraction of sp³-hybridized carbons (Fsp3) is 0.667. The number of hydrogen-bond donors (Lipinski definition) is 2. The van der Waals surface area contributed by atoms with Crippen molar-refractivity contribution in [3.63, 3.8) is 0 Å². The molecule has 14 heavy (non-hydrogen) atoms. The van der Waals surface area contributed by atoms with Gasteiger partial charge < -0.3 is 20.1 Å². The third-order valence-electron chi connectivity index (χ3n) is 2.16. The molecule has 0 aliphatic heterocycles. The predicted molar refractivity (Wildman–Crippen MR) is 52.8 cm³/mol. The van der Waals surface area contributed by atoms with E-state index in [2.05, 4.69) is 4.98 Å². The van der Waals surface area contributed by atoms with Gasteiger partial charge >= 0.3 is 0 Å². The Morgan fingerprint density at radius 3 is 3.00 bits per heavy atom. The molecule has 0 aromatic carbocycles. The molecule has 1 aromatic rings. The van der Waals surface area contributed by atoms with E-state index in [1.54, 1.807) is 19.6 Å². The fourth-order valence-electron chi connectivity index (χ4n) is 1.39. The molecule has 5 heteroatoms. The summed E-state index contributed by atoms with van der Waals surface area (Å²) in [5.41, 5.74) is 6.55. The van der Waals surface area contributed by atoms with E-state index in [0.717, 1.165) is 5.69 Å². The molecule has 1 aromatic heterocycles. The van der Waals surface area contributed by atoms with Crippen molar-refractivity contribution in [3.8, 4) is 0 Å². The monoisotopic (exact) mass is 199 g/mol. The number of nitrogens with zero attached hydrogens (tertiary/aromatic N) is 2. The molecule has 0 radical (unpaired) electrons. The molecule has 2 unspecified atom stereocenters. The van der Waals surface area contributed by atoms with E-state index in [9.17, 15) is 0 Å². The fourth-order valence-corrected chi connectivity index (χ4v) is 1.39. The first-order chi connectivity index (χ1) is 6.70. The van der Waals surface area contributed by atoms with Gasteiger partial charge in [0.25, 0.3) is 0 Å². The predicted octanol–water partition coefficient (Wildman–Crippen LogP) is 0.0826. The summed E-state index contributed by atoms with van der Waals surface area (Å²) in [5, 5.41) is 8.95. The van der Waals surface area contributed by atoms with Gasteiger partial charge in [-0.25, -0.2) is 4.98 Å². The van der Waals surface area contributed by atoms with Gasteiger partial charge in [0.1, 0.15) is 0 Å². The van der Waals surface area contributed by atoms with Gasteiger partial charge in [-0.3, -0.25) is 0 Å². The van der Waals surface area contributed by atoms with Gasteiger partial charge in [-0.2, -0.15) is 0 Å². The van der Waals surface area contributed by atoms with Crippen molar-refractivity contribution >= 4 is 0 Å². The van der Waals surface area contributed by atoms with E-state index in [4.69, 9.17) is 15.6 Å². The lowest BCUT2D eigenvalue weighted by Crippen LogP contribution is -2.21. The van der Waals surface area contributed by atoms with Gasteiger partial charge in [0, 0.05) is 13.3 Å². The van der Waals surface area contributed by atoms with E-state index in [-0.39, 0.29) is 18.7 Å². The molecule has 1 rings (SSSR count). The zero-order valence-electron chi connectivity index (χ0n) is 8.55. The lowest BCUT2D eigenvalue weighted by atomic mass is 10.2. The average molecular weight is 199 g/mol. The number of aliphatic hydroxyl groups is 1. The van der Waals surface area contributed by atoms with Crippen LogP contribution in [-0.2, 0) is 4.74 Å². The molecule has 1 heterocycles. The number of ether oxygens (including phenoxy) is 1. The maximum absolute atomic E-state index is 8.95. The second-order valence-corrected chi connectivity index (χ2v) is 3.32. The number of aromatic nitrogens is 2. The lowest BCUT2D eigenvalue weighted by molar-refractivity contribution is 0.159. The van der Waals surface area contributed by atoms with Crippen LogP contribution in [0.25, 0.3) is 0 Å². The van der Waals surface area contributed by atoms with E-state index in [0.29, 0.717) is 6.61 Å². The van der Waals surface area contributed by atoms with E-state index in [1.807, 2.05) is 11.5 Å². The zero-order chi connectivity index (χ0) is 10.6. The summed E-state index contributed by atoms with van der Waals surface area (Å²) in [6, 6.07) is -0.202. The minimum Gasteiger partial charge on any atom is -0.394 e. The Balaban J connectivity index is 2.81. The van der Waals surface area contributed by atoms with Crippen molar-refractivity contribution in [2.75, 3.05) is 20.3 Å². The highest BCUT2D eigenvalue weighted by Crippen LogP contribution is 2.15. The molecule has 3 N–H and O–H groups in total. The van der Waals surface area contributed by atoms with E-state index >= 15 is 0 Å². The highest BCUT2D eigenvalue weighted by Gasteiger charge is 2.14. The summed E-state index contributed by atoms with van der Waals surface area (Å²) in [6.45, 7) is 2.53. The molecule has 0 saturated heterocycles. The van der Waals surface area contributed by atoms with Crippen LogP contribution < -0.4 is 5.73 Å². The van der Waals surface area contributed by atoms with Gasteiger partial charge in [0.05, 0.1) is 37.3 Å². The summed E-state index contributed by atoms with van der Waals surface area (Å²) >= 11 is 0. The van der Waals surface area contributed by atoms with Crippen molar-refractivity contribution < 1.29 is 9.84 Å². The molecular formula is C9H17N3O2. The molecule has 0 amide bonds. The van der Waals surface area contributed by atoms with Crippen LogP contribution in [0.1, 0.15) is 24.7 Å². The Morgan fingerprint density at radius 1 is 1.71 bits per heavy atom. The van der Waals surface area contributed by atoms with Gasteiger partial charge in [0.2, 0.25) is 0 Å². The molecule has 0 aliphatic carbocycles. The summed E-state index contributed by atoms with van der Waals surface area (Å²) in [6.07, 6.45) is 3.38. The zero-order valence-corrected chi connectivity index (χ0v) is 8.55. The van der Waals surface area contributed by atoms with Crippen molar-refractivity contribution in [1.29, 1.82) is 0 Å². The maximum Gasteiger partial charge on any atom is 0.0952 e. The molecule has 0 saturated carbocycles. The van der Waals surface area contributed by atoms with Gasteiger partial charge in [-0.1, -0.05) is 0 Å². The maximum atomic E-state index is 8.95. The molecule has 0 aliphatic rings. The molecule has 5 nitrogen and oxygen atoms in total. The van der Waals surface area contributed by atoms with Crippen LogP contribution in [0.2, 0.25) is 0 Å². The molecule has 0 bridgehead atoms. The Hall–Kier alpha value is -0.910. The van der Waals surface area contributed by atoms with Crippen LogP contribution in [0.5, 0.6) is 0 Å². The molecule has 0 fully saturated rings. The number of imidazole rings is 1. The lowest BCUT2D eigenvalue weighted by Gasteiger charge is -2.18. The third kappa shape index (κ3) is 2.31. The smallest absolute Gasteiger partial charge is 0.0952 e. The summed E-state index contributed by atoms with van der Waals surface area (Å²) in [5.74, 6) is 0. The standard InChI is InChI=1S/C9H17N3O2/c1-7(5-14-2)12-6-11-3-9(12)8(10)4-13/h3,6-8,13H,4-5,10H2,1-2H3. The first kappa shape index (κ1) is 11.2. The number of aliphatic hydroxyl groups excluding tert-OH is 1. The SMILES string of the molecule is COCC(C)n1cncc1C(N)CO. The van der Waals surface area contributed by atoms with Gasteiger partial charge in [0.15, 0.2) is 0 Å². The molecular weight excluding hydrogens is 182 g/mol. The second kappa shape index (κ2) is 5.09. The quantitative estimate of drug-likeness (QED) is 0.704. The largest absolute Gasteiger partial charge is 0.394 e. The number of nitrogens with two attached hydrogens (primary N) is 1. The second-order valence-electron chi connectivity index (χ2n) is 3.32. The summed E-state index contributed by atoms with van der Waals surface area (Å²) in [7, 11) is 1.65. The topological polar surface area (TPSA) is 73.3 Å². The minimum atomic E-state index is -0.378. The molecule has 80 valence electrons. The first-order valence-electron chi connectivity index (χ1n) is 4.57. The Labute approximate surface area is 83.5 Å². The minimum absolute atomic E-state index is 0.0780. The van der Waals surface area contributed by atoms with Crippen LogP contribution in [0, 0.1) is 0 Å². The summed E-state index contributed by atoms with van der Waals surface area (Å²) < 4.78 is 6.96. The van der Waals surface area contributed by atoms with Crippen molar-refractivity contribution in [2.24, 2.45) is 5.73 Å². The highest BCUT2D eigenvalue weighted by atomic mass is 16.5. The first-order valence-corrected chi connectivity index (χ1v) is 4.57. The van der Waals surface area contributed by atoms with Crippen LogP contribution in [0.3, 0.4) is 0 Å². The molecule has 2 atom stereocenters. The number of rotatable bonds is 5. The molecule has 0 spiro atoms. The van der Waals surface area contributed by atoms with Crippen LogP contribution >= 0.6 is 0 Å². The van der Waals surface area contributed by atoms with Crippen molar-refractivity contribution in [3.05, 3.63) is 18.2 Å². The highest BCUT2D eigenvalue weighted by molar-refractivity contribution is 5.05. The third-order valence-corrected chi connectivity index (χ3v) is 2.16. The van der Waals surface area contributed by atoms with Gasteiger partial charge in [-0.05, 0) is 6.92 Å². The number of hydrogen-bond acceptors (Lipinski definition) is 4. The van der Waals surface area contributed by atoms with Crippen molar-refractivity contribution in [2.45, 2.75) is 19.0 Å². The average Bonchev–Trinajstić information content (AvgIpc) is 2.65. The van der Waals surface area contributed by atoms with Crippen LogP contribution in [-0.4, -0.2) is 35.0 Å². The van der Waals surface area contributed by atoms with E-state index in [1.165, 1.54) is 0 Å². The van der Waals surface area contributed by atoms with E-state index < -0.39 is 0 Å². The Morgan fingerprint density at radius 2 is 2.43 bits per heavy atom.